The Kier molecular flexibility index (Phi) is 7.21. The molecule has 0 aliphatic rings. The predicted molar refractivity (Wildman–Crippen MR) is 100 cm³/mol. The van der Waals surface area contributed by atoms with Crippen LogP contribution < -0.4 is 10.1 Å². The van der Waals surface area contributed by atoms with E-state index in [0.29, 0.717) is 17.9 Å². The molecule has 0 radical (unpaired) electrons. The minimum atomic E-state index is -0.457. The van der Waals surface area contributed by atoms with Crippen molar-refractivity contribution in [3.8, 4) is 5.75 Å². The van der Waals surface area contributed by atoms with Crippen LogP contribution >= 0.6 is 0 Å². The van der Waals surface area contributed by atoms with E-state index in [9.17, 15) is 9.59 Å². The summed E-state index contributed by atoms with van der Waals surface area (Å²) < 4.78 is 10.6. The van der Waals surface area contributed by atoms with Crippen LogP contribution in [0, 0.1) is 0 Å². The first-order chi connectivity index (χ1) is 12.5. The van der Waals surface area contributed by atoms with Crippen molar-refractivity contribution >= 4 is 11.9 Å². The number of esters is 1. The van der Waals surface area contributed by atoms with Crippen LogP contribution in [0.4, 0.5) is 0 Å². The van der Waals surface area contributed by atoms with E-state index in [1.807, 2.05) is 37.3 Å². The topological polar surface area (TPSA) is 64.6 Å². The highest BCUT2D eigenvalue weighted by molar-refractivity contribution is 5.94. The molecule has 2 aromatic carbocycles. The third kappa shape index (κ3) is 5.92. The van der Waals surface area contributed by atoms with Crippen molar-refractivity contribution in [3.63, 3.8) is 0 Å². The van der Waals surface area contributed by atoms with E-state index in [-0.39, 0.29) is 24.4 Å². The Morgan fingerprint density at radius 2 is 1.65 bits per heavy atom. The lowest BCUT2D eigenvalue weighted by Gasteiger charge is -2.19. The van der Waals surface area contributed by atoms with Crippen molar-refractivity contribution in [1.82, 2.24) is 5.32 Å². The zero-order chi connectivity index (χ0) is 18.9. The largest absolute Gasteiger partial charge is 0.494 e. The molecule has 0 aliphatic heterocycles. The standard InChI is InChI=1S/C21H25NO4/c1-4-25-18-12-10-17(11-13-18)21(24)22-19(14-20(23)26-15(2)3)16-8-6-5-7-9-16/h5-13,15,19H,4,14H2,1-3H3,(H,22,24). The lowest BCUT2D eigenvalue weighted by molar-refractivity contribution is -0.147. The van der Waals surface area contributed by atoms with E-state index in [0.717, 1.165) is 5.56 Å². The predicted octanol–water partition coefficient (Wildman–Crippen LogP) is 3.90. The maximum absolute atomic E-state index is 12.6. The Morgan fingerprint density at radius 3 is 2.23 bits per heavy atom. The molecule has 5 nitrogen and oxygen atoms in total. The average Bonchev–Trinajstić information content (AvgIpc) is 2.62. The monoisotopic (exact) mass is 355 g/mol. The molecule has 0 bridgehead atoms. The van der Waals surface area contributed by atoms with Gasteiger partial charge in [0.2, 0.25) is 0 Å². The second-order valence-electron chi connectivity index (χ2n) is 6.14. The number of carbonyl (C=O) groups is 2. The molecule has 0 saturated carbocycles. The fourth-order valence-electron chi connectivity index (χ4n) is 2.53. The van der Waals surface area contributed by atoms with Gasteiger partial charge in [-0.1, -0.05) is 30.3 Å². The van der Waals surface area contributed by atoms with Gasteiger partial charge in [0.15, 0.2) is 0 Å². The molecule has 1 amide bonds. The van der Waals surface area contributed by atoms with Gasteiger partial charge in [0.25, 0.3) is 5.91 Å². The first kappa shape index (κ1) is 19.5. The molecule has 0 heterocycles. The number of hydrogen-bond acceptors (Lipinski definition) is 4. The van der Waals surface area contributed by atoms with Gasteiger partial charge < -0.3 is 14.8 Å². The highest BCUT2D eigenvalue weighted by Crippen LogP contribution is 2.19. The summed E-state index contributed by atoms with van der Waals surface area (Å²) >= 11 is 0. The zero-order valence-corrected chi connectivity index (χ0v) is 15.4. The lowest BCUT2D eigenvalue weighted by atomic mass is 10.0. The molecule has 138 valence electrons. The van der Waals surface area contributed by atoms with E-state index in [4.69, 9.17) is 9.47 Å². The van der Waals surface area contributed by atoms with Gasteiger partial charge in [0.05, 0.1) is 25.2 Å². The van der Waals surface area contributed by atoms with Crippen molar-refractivity contribution in [1.29, 1.82) is 0 Å². The number of rotatable bonds is 8. The van der Waals surface area contributed by atoms with Crippen molar-refractivity contribution in [2.24, 2.45) is 0 Å². The minimum absolute atomic E-state index is 0.0744. The van der Waals surface area contributed by atoms with Crippen LogP contribution in [-0.2, 0) is 9.53 Å². The second kappa shape index (κ2) is 9.61. The highest BCUT2D eigenvalue weighted by atomic mass is 16.5. The number of carbonyl (C=O) groups excluding carboxylic acids is 2. The van der Waals surface area contributed by atoms with Gasteiger partial charge in [0.1, 0.15) is 5.75 Å². The van der Waals surface area contributed by atoms with Crippen molar-refractivity contribution in [2.45, 2.75) is 39.3 Å². The summed E-state index contributed by atoms with van der Waals surface area (Å²) in [7, 11) is 0. The van der Waals surface area contributed by atoms with Crippen LogP contribution in [0.3, 0.4) is 0 Å². The van der Waals surface area contributed by atoms with E-state index < -0.39 is 6.04 Å². The summed E-state index contributed by atoms with van der Waals surface area (Å²) in [5, 5.41) is 2.92. The molecule has 1 unspecified atom stereocenters. The summed E-state index contributed by atoms with van der Waals surface area (Å²) in [5.74, 6) is 0.115. The molecule has 0 spiro atoms. The van der Waals surface area contributed by atoms with E-state index in [1.165, 1.54) is 0 Å². The summed E-state index contributed by atoms with van der Waals surface area (Å²) in [4.78, 5) is 24.7. The van der Waals surface area contributed by atoms with Gasteiger partial charge in [-0.05, 0) is 50.6 Å². The molecule has 0 saturated heterocycles. The molecule has 5 heteroatoms. The van der Waals surface area contributed by atoms with Crippen LogP contribution in [0.1, 0.15) is 49.2 Å². The van der Waals surface area contributed by atoms with Gasteiger partial charge in [-0.15, -0.1) is 0 Å². The van der Waals surface area contributed by atoms with Gasteiger partial charge >= 0.3 is 5.97 Å². The van der Waals surface area contributed by atoms with Crippen LogP contribution in [-0.4, -0.2) is 24.6 Å². The van der Waals surface area contributed by atoms with Crippen molar-refractivity contribution in [3.05, 3.63) is 65.7 Å². The number of hydrogen-bond donors (Lipinski definition) is 1. The third-order valence-electron chi connectivity index (χ3n) is 3.67. The van der Waals surface area contributed by atoms with E-state index in [2.05, 4.69) is 5.32 Å². The molecular weight excluding hydrogens is 330 g/mol. The second-order valence-corrected chi connectivity index (χ2v) is 6.14. The first-order valence-corrected chi connectivity index (χ1v) is 8.77. The molecule has 2 aromatic rings. The molecule has 0 aliphatic carbocycles. The lowest BCUT2D eigenvalue weighted by Crippen LogP contribution is -2.31. The van der Waals surface area contributed by atoms with Crippen LogP contribution in [0.2, 0.25) is 0 Å². The maximum Gasteiger partial charge on any atom is 0.308 e. The summed E-state index contributed by atoms with van der Waals surface area (Å²) in [6, 6.07) is 15.9. The Hall–Kier alpha value is -2.82. The number of benzene rings is 2. The molecule has 0 fully saturated rings. The van der Waals surface area contributed by atoms with E-state index >= 15 is 0 Å². The summed E-state index contributed by atoms with van der Waals surface area (Å²) in [5.41, 5.74) is 1.36. The third-order valence-corrected chi connectivity index (χ3v) is 3.67. The number of nitrogens with one attached hydrogen (secondary N) is 1. The maximum atomic E-state index is 12.6. The van der Waals surface area contributed by atoms with Crippen molar-refractivity contribution < 1.29 is 19.1 Å². The van der Waals surface area contributed by atoms with Gasteiger partial charge in [-0.2, -0.15) is 0 Å². The number of ether oxygens (including phenoxy) is 2. The van der Waals surface area contributed by atoms with Gasteiger partial charge in [-0.3, -0.25) is 9.59 Å². The fraction of sp³-hybridized carbons (Fsp3) is 0.333. The van der Waals surface area contributed by atoms with Crippen molar-refractivity contribution in [2.75, 3.05) is 6.61 Å². The molecule has 26 heavy (non-hydrogen) atoms. The summed E-state index contributed by atoms with van der Waals surface area (Å²) in [6.45, 7) is 6.07. The molecule has 0 aromatic heterocycles. The van der Waals surface area contributed by atoms with E-state index in [1.54, 1.807) is 38.1 Å². The Bertz CT molecular complexity index is 711. The molecule has 1 atom stereocenters. The molecule has 2 rings (SSSR count). The van der Waals surface area contributed by atoms with Crippen LogP contribution in [0.15, 0.2) is 54.6 Å². The van der Waals surface area contributed by atoms with Gasteiger partial charge in [-0.25, -0.2) is 0 Å². The molecular formula is C21H25NO4. The number of amides is 1. The smallest absolute Gasteiger partial charge is 0.308 e. The quantitative estimate of drug-likeness (QED) is 0.730. The van der Waals surface area contributed by atoms with Crippen LogP contribution in [0.5, 0.6) is 5.75 Å². The SMILES string of the molecule is CCOc1ccc(C(=O)NC(CC(=O)OC(C)C)c2ccccc2)cc1. The fourth-order valence-corrected chi connectivity index (χ4v) is 2.53. The van der Waals surface area contributed by atoms with Gasteiger partial charge in [0, 0.05) is 5.56 Å². The van der Waals surface area contributed by atoms with Crippen LogP contribution in [0.25, 0.3) is 0 Å². The Balaban J connectivity index is 2.12. The average molecular weight is 355 g/mol. The zero-order valence-electron chi connectivity index (χ0n) is 15.4. The Labute approximate surface area is 154 Å². The molecule has 1 N–H and O–H groups in total. The summed E-state index contributed by atoms with van der Waals surface area (Å²) in [6.07, 6.45) is -0.119. The Morgan fingerprint density at radius 1 is 1.00 bits per heavy atom. The highest BCUT2D eigenvalue weighted by Gasteiger charge is 2.20. The first-order valence-electron chi connectivity index (χ1n) is 8.77. The minimum Gasteiger partial charge on any atom is -0.494 e. The normalized spacial score (nSPS) is 11.7.